The van der Waals surface area contributed by atoms with Crippen molar-refractivity contribution in [1.82, 2.24) is 5.32 Å². The van der Waals surface area contributed by atoms with Gasteiger partial charge in [-0.25, -0.2) is 0 Å². The van der Waals surface area contributed by atoms with E-state index in [1.54, 1.807) is 18.2 Å². The van der Waals surface area contributed by atoms with Crippen LogP contribution in [0.1, 0.15) is 51.3 Å². The van der Waals surface area contributed by atoms with Crippen LogP contribution in [0.3, 0.4) is 0 Å². The number of nitrogens with one attached hydrogen (secondary N) is 1. The van der Waals surface area contributed by atoms with E-state index in [1.165, 1.54) is 0 Å². The van der Waals surface area contributed by atoms with Crippen molar-refractivity contribution in [3.63, 3.8) is 0 Å². The SMILES string of the molecule is CCOc1ccc(C(=O)NCc2ccc3c(c2)CCN3C(=O)c2ccc(C)cc2)cc1OCC. The Morgan fingerprint density at radius 3 is 2.32 bits per heavy atom. The molecular formula is C28H30N2O4. The first kappa shape index (κ1) is 23.4. The van der Waals surface area contributed by atoms with Gasteiger partial charge >= 0.3 is 0 Å². The van der Waals surface area contributed by atoms with E-state index >= 15 is 0 Å². The number of rotatable bonds is 8. The second kappa shape index (κ2) is 10.4. The van der Waals surface area contributed by atoms with Crippen LogP contribution in [0, 0.1) is 6.92 Å². The Balaban J connectivity index is 1.42. The van der Waals surface area contributed by atoms with Gasteiger partial charge in [0.2, 0.25) is 0 Å². The smallest absolute Gasteiger partial charge is 0.258 e. The second-order valence-electron chi connectivity index (χ2n) is 8.25. The van der Waals surface area contributed by atoms with Gasteiger partial charge in [-0.2, -0.15) is 0 Å². The Morgan fingerprint density at radius 2 is 1.59 bits per heavy atom. The standard InChI is InChI=1S/C28H30N2O4/c1-4-33-25-13-11-23(17-26(25)34-5-2)27(31)29-18-20-8-12-24-22(16-20)14-15-30(24)28(32)21-9-6-19(3)7-10-21/h6-13,16-17H,4-5,14-15,18H2,1-3H3,(H,29,31). The average molecular weight is 459 g/mol. The largest absolute Gasteiger partial charge is 0.490 e. The Labute approximate surface area is 200 Å². The second-order valence-corrected chi connectivity index (χ2v) is 8.25. The fourth-order valence-electron chi connectivity index (χ4n) is 4.10. The molecule has 0 fully saturated rings. The maximum atomic E-state index is 13.0. The maximum Gasteiger partial charge on any atom is 0.258 e. The zero-order valence-corrected chi connectivity index (χ0v) is 19.9. The first-order valence-corrected chi connectivity index (χ1v) is 11.7. The third-order valence-electron chi connectivity index (χ3n) is 5.84. The summed E-state index contributed by atoms with van der Waals surface area (Å²) < 4.78 is 11.2. The summed E-state index contributed by atoms with van der Waals surface area (Å²) in [7, 11) is 0. The fraction of sp³-hybridized carbons (Fsp3) is 0.286. The molecule has 1 N–H and O–H groups in total. The van der Waals surface area contributed by atoms with E-state index in [-0.39, 0.29) is 11.8 Å². The van der Waals surface area contributed by atoms with Crippen LogP contribution >= 0.6 is 0 Å². The normalized spacial score (nSPS) is 12.3. The van der Waals surface area contributed by atoms with Gasteiger partial charge in [-0.05, 0) is 74.7 Å². The molecule has 6 nitrogen and oxygen atoms in total. The number of fused-ring (bicyclic) bond motifs is 1. The monoisotopic (exact) mass is 458 g/mol. The summed E-state index contributed by atoms with van der Waals surface area (Å²) in [6, 6.07) is 18.9. The van der Waals surface area contributed by atoms with Crippen LogP contribution in [0.15, 0.2) is 60.7 Å². The van der Waals surface area contributed by atoms with Crippen LogP contribution < -0.4 is 19.7 Å². The third kappa shape index (κ3) is 5.06. The van der Waals surface area contributed by atoms with E-state index in [1.807, 2.05) is 62.1 Å². The van der Waals surface area contributed by atoms with E-state index in [9.17, 15) is 9.59 Å². The summed E-state index contributed by atoms with van der Waals surface area (Å²) in [6.45, 7) is 7.88. The molecule has 176 valence electrons. The Hall–Kier alpha value is -3.80. The summed E-state index contributed by atoms with van der Waals surface area (Å²) in [5.74, 6) is 1.03. The van der Waals surface area contributed by atoms with Crippen LogP contribution in [0.2, 0.25) is 0 Å². The predicted octanol–water partition coefficient (Wildman–Crippen LogP) is 4.93. The fourth-order valence-corrected chi connectivity index (χ4v) is 4.10. The molecule has 4 rings (SSSR count). The van der Waals surface area contributed by atoms with Gasteiger partial charge in [0, 0.05) is 29.9 Å². The molecule has 0 radical (unpaired) electrons. The highest BCUT2D eigenvalue weighted by Gasteiger charge is 2.25. The molecule has 3 aromatic carbocycles. The van der Waals surface area contributed by atoms with Gasteiger partial charge in [-0.1, -0.05) is 29.8 Å². The van der Waals surface area contributed by atoms with Crippen molar-refractivity contribution >= 4 is 17.5 Å². The van der Waals surface area contributed by atoms with Gasteiger partial charge in [0.1, 0.15) is 0 Å². The number of nitrogens with zero attached hydrogens (tertiary/aromatic N) is 1. The minimum Gasteiger partial charge on any atom is -0.490 e. The molecule has 0 saturated heterocycles. The first-order chi connectivity index (χ1) is 16.5. The molecule has 1 aliphatic rings. The lowest BCUT2D eigenvalue weighted by Crippen LogP contribution is -2.28. The number of hydrogen-bond acceptors (Lipinski definition) is 4. The van der Waals surface area contributed by atoms with Crippen molar-refractivity contribution < 1.29 is 19.1 Å². The quantitative estimate of drug-likeness (QED) is 0.520. The van der Waals surface area contributed by atoms with Gasteiger partial charge in [0.25, 0.3) is 11.8 Å². The van der Waals surface area contributed by atoms with E-state index in [0.717, 1.165) is 28.8 Å². The Morgan fingerprint density at radius 1 is 0.882 bits per heavy atom. The molecule has 6 heteroatoms. The van der Waals surface area contributed by atoms with Crippen LogP contribution in [0.4, 0.5) is 5.69 Å². The van der Waals surface area contributed by atoms with E-state index in [4.69, 9.17) is 9.47 Å². The number of carbonyl (C=O) groups excluding carboxylic acids is 2. The molecule has 0 aliphatic carbocycles. The number of hydrogen-bond donors (Lipinski definition) is 1. The minimum absolute atomic E-state index is 0.0143. The van der Waals surface area contributed by atoms with Crippen molar-refractivity contribution in [1.29, 1.82) is 0 Å². The molecule has 0 aromatic heterocycles. The number of amides is 2. The molecule has 0 saturated carbocycles. The van der Waals surface area contributed by atoms with Gasteiger partial charge in [0.05, 0.1) is 13.2 Å². The van der Waals surface area contributed by atoms with Gasteiger partial charge < -0.3 is 19.7 Å². The molecule has 2 amide bonds. The van der Waals surface area contributed by atoms with Gasteiger partial charge in [-0.3, -0.25) is 9.59 Å². The summed E-state index contributed by atoms with van der Waals surface area (Å²) in [6.07, 6.45) is 0.797. The summed E-state index contributed by atoms with van der Waals surface area (Å²) >= 11 is 0. The highest BCUT2D eigenvalue weighted by atomic mass is 16.5. The topological polar surface area (TPSA) is 67.9 Å². The Bertz CT molecular complexity index is 1190. The summed E-state index contributed by atoms with van der Waals surface area (Å²) in [4.78, 5) is 27.5. The van der Waals surface area contributed by atoms with Crippen LogP contribution in [-0.4, -0.2) is 31.6 Å². The van der Waals surface area contributed by atoms with Crippen molar-refractivity contribution in [2.24, 2.45) is 0 Å². The van der Waals surface area contributed by atoms with E-state index in [0.29, 0.717) is 48.9 Å². The average Bonchev–Trinajstić information content (AvgIpc) is 3.27. The molecule has 0 unspecified atom stereocenters. The van der Waals surface area contributed by atoms with E-state index in [2.05, 4.69) is 11.4 Å². The van der Waals surface area contributed by atoms with Gasteiger partial charge in [-0.15, -0.1) is 0 Å². The highest BCUT2D eigenvalue weighted by molar-refractivity contribution is 6.07. The van der Waals surface area contributed by atoms with Crippen molar-refractivity contribution in [2.75, 3.05) is 24.7 Å². The third-order valence-corrected chi connectivity index (χ3v) is 5.84. The van der Waals surface area contributed by atoms with Gasteiger partial charge in [0.15, 0.2) is 11.5 Å². The first-order valence-electron chi connectivity index (χ1n) is 11.7. The lowest BCUT2D eigenvalue weighted by Gasteiger charge is -2.18. The molecule has 1 heterocycles. The van der Waals surface area contributed by atoms with Crippen LogP contribution in [0.25, 0.3) is 0 Å². The number of carbonyl (C=O) groups is 2. The molecule has 0 atom stereocenters. The zero-order valence-electron chi connectivity index (χ0n) is 19.9. The lowest BCUT2D eigenvalue weighted by atomic mass is 10.1. The molecule has 0 bridgehead atoms. The molecule has 3 aromatic rings. The number of anilines is 1. The van der Waals surface area contributed by atoms with E-state index < -0.39 is 0 Å². The van der Waals surface area contributed by atoms with Crippen LogP contribution in [-0.2, 0) is 13.0 Å². The molecular weight excluding hydrogens is 428 g/mol. The molecule has 34 heavy (non-hydrogen) atoms. The molecule has 0 spiro atoms. The highest BCUT2D eigenvalue weighted by Crippen LogP contribution is 2.31. The number of benzene rings is 3. The van der Waals surface area contributed by atoms with Crippen molar-refractivity contribution in [2.45, 2.75) is 33.7 Å². The Kier molecular flexibility index (Phi) is 7.16. The molecule has 1 aliphatic heterocycles. The zero-order chi connectivity index (χ0) is 24.1. The number of aryl methyl sites for hydroxylation is 1. The number of ether oxygens (including phenoxy) is 2. The summed E-state index contributed by atoms with van der Waals surface area (Å²) in [5, 5.41) is 2.98. The lowest BCUT2D eigenvalue weighted by molar-refractivity contribution is 0.0949. The summed E-state index contributed by atoms with van der Waals surface area (Å²) in [5.41, 5.74) is 5.39. The van der Waals surface area contributed by atoms with Crippen molar-refractivity contribution in [3.8, 4) is 11.5 Å². The van der Waals surface area contributed by atoms with Crippen molar-refractivity contribution in [3.05, 3.63) is 88.5 Å². The maximum absolute atomic E-state index is 13.0. The minimum atomic E-state index is -0.180. The van der Waals surface area contributed by atoms with Crippen LogP contribution in [0.5, 0.6) is 11.5 Å². The predicted molar refractivity (Wildman–Crippen MR) is 133 cm³/mol.